The standard InChI is InChI=1S/C22H29NO2/c1-3-25-21(24)12-8-5-9-17-23-22(19-10-6-4-7-11-19)20-15-13-18(2)14-16-20/h4,6-7,10-11,13-16,22-23H,3,5,8-9,12,17H2,1-2H3/t22-/m0/s1. The van der Waals surface area contributed by atoms with Crippen molar-refractivity contribution in [1.82, 2.24) is 5.32 Å². The van der Waals surface area contributed by atoms with Crippen LogP contribution in [0, 0.1) is 6.92 Å². The predicted octanol–water partition coefficient (Wildman–Crippen LogP) is 4.80. The summed E-state index contributed by atoms with van der Waals surface area (Å²) in [6, 6.07) is 19.4. The molecule has 0 aromatic heterocycles. The number of carbonyl (C=O) groups excluding carboxylic acids is 1. The second kappa shape index (κ2) is 10.7. The second-order valence-electron chi connectivity index (χ2n) is 6.32. The number of hydrogen-bond acceptors (Lipinski definition) is 3. The van der Waals surface area contributed by atoms with Crippen LogP contribution in [0.3, 0.4) is 0 Å². The van der Waals surface area contributed by atoms with Crippen molar-refractivity contribution >= 4 is 5.97 Å². The zero-order valence-electron chi connectivity index (χ0n) is 15.3. The lowest BCUT2D eigenvalue weighted by molar-refractivity contribution is -0.143. The van der Waals surface area contributed by atoms with Crippen LogP contribution in [0.4, 0.5) is 0 Å². The highest BCUT2D eigenvalue weighted by Crippen LogP contribution is 2.22. The number of benzene rings is 2. The van der Waals surface area contributed by atoms with E-state index >= 15 is 0 Å². The second-order valence-corrected chi connectivity index (χ2v) is 6.32. The molecule has 2 rings (SSSR count). The molecule has 134 valence electrons. The smallest absolute Gasteiger partial charge is 0.305 e. The van der Waals surface area contributed by atoms with Crippen molar-refractivity contribution in [1.29, 1.82) is 0 Å². The molecular weight excluding hydrogens is 310 g/mol. The molecule has 0 saturated heterocycles. The van der Waals surface area contributed by atoms with Crippen molar-refractivity contribution < 1.29 is 9.53 Å². The quantitative estimate of drug-likeness (QED) is 0.499. The number of unbranched alkanes of at least 4 members (excludes halogenated alkanes) is 2. The van der Waals surface area contributed by atoms with Crippen molar-refractivity contribution in [3.05, 3.63) is 71.3 Å². The number of esters is 1. The summed E-state index contributed by atoms with van der Waals surface area (Å²) in [5.41, 5.74) is 3.83. The molecular formula is C22H29NO2. The Morgan fingerprint density at radius 3 is 2.32 bits per heavy atom. The molecule has 3 nitrogen and oxygen atoms in total. The van der Waals surface area contributed by atoms with E-state index in [1.807, 2.05) is 13.0 Å². The first-order valence-corrected chi connectivity index (χ1v) is 9.21. The molecule has 25 heavy (non-hydrogen) atoms. The van der Waals surface area contributed by atoms with E-state index in [9.17, 15) is 4.79 Å². The van der Waals surface area contributed by atoms with Crippen molar-refractivity contribution in [2.45, 2.75) is 45.6 Å². The van der Waals surface area contributed by atoms with Crippen LogP contribution < -0.4 is 5.32 Å². The van der Waals surface area contributed by atoms with Crippen LogP contribution in [0.2, 0.25) is 0 Å². The summed E-state index contributed by atoms with van der Waals surface area (Å²) in [5, 5.41) is 3.67. The first kappa shape index (κ1) is 19.2. The Morgan fingerprint density at radius 1 is 0.960 bits per heavy atom. The molecule has 0 aliphatic rings. The molecule has 1 N–H and O–H groups in total. The molecule has 0 radical (unpaired) electrons. The number of aryl methyl sites for hydroxylation is 1. The molecule has 1 atom stereocenters. The van der Waals surface area contributed by atoms with Crippen molar-refractivity contribution in [3.63, 3.8) is 0 Å². The van der Waals surface area contributed by atoms with Crippen LogP contribution in [-0.2, 0) is 9.53 Å². The third-order valence-electron chi connectivity index (χ3n) is 4.26. The molecule has 0 aliphatic carbocycles. The van der Waals surface area contributed by atoms with Gasteiger partial charge in [0, 0.05) is 6.42 Å². The van der Waals surface area contributed by atoms with Gasteiger partial charge in [-0.15, -0.1) is 0 Å². The van der Waals surface area contributed by atoms with Crippen LogP contribution in [-0.4, -0.2) is 19.1 Å². The summed E-state index contributed by atoms with van der Waals surface area (Å²) in [7, 11) is 0. The van der Waals surface area contributed by atoms with Gasteiger partial charge in [0.2, 0.25) is 0 Å². The van der Waals surface area contributed by atoms with Gasteiger partial charge in [0.15, 0.2) is 0 Å². The molecule has 0 amide bonds. The maximum Gasteiger partial charge on any atom is 0.305 e. The summed E-state index contributed by atoms with van der Waals surface area (Å²) in [6.07, 6.45) is 3.49. The first-order valence-electron chi connectivity index (χ1n) is 9.21. The molecule has 2 aromatic rings. The summed E-state index contributed by atoms with van der Waals surface area (Å²) >= 11 is 0. The Labute approximate surface area is 151 Å². The molecule has 3 heteroatoms. The van der Waals surface area contributed by atoms with Gasteiger partial charge >= 0.3 is 5.97 Å². The SMILES string of the molecule is CCOC(=O)CCCCCN[C@@H](c1ccccc1)c1ccc(C)cc1. The van der Waals surface area contributed by atoms with Crippen LogP contribution in [0.1, 0.15) is 55.3 Å². The van der Waals surface area contributed by atoms with Gasteiger partial charge in [0.1, 0.15) is 0 Å². The van der Waals surface area contributed by atoms with Crippen molar-refractivity contribution in [2.75, 3.05) is 13.2 Å². The van der Waals surface area contributed by atoms with E-state index in [1.54, 1.807) is 0 Å². The third-order valence-corrected chi connectivity index (χ3v) is 4.26. The van der Waals surface area contributed by atoms with E-state index < -0.39 is 0 Å². The van der Waals surface area contributed by atoms with E-state index in [0.29, 0.717) is 13.0 Å². The lowest BCUT2D eigenvalue weighted by Gasteiger charge is -2.20. The van der Waals surface area contributed by atoms with Crippen LogP contribution in [0.25, 0.3) is 0 Å². The Balaban J connectivity index is 1.85. The lowest BCUT2D eigenvalue weighted by Crippen LogP contribution is -2.23. The average Bonchev–Trinajstić information content (AvgIpc) is 2.63. The van der Waals surface area contributed by atoms with E-state index in [-0.39, 0.29) is 12.0 Å². The van der Waals surface area contributed by atoms with Gasteiger partial charge in [-0.05, 0) is 44.4 Å². The van der Waals surface area contributed by atoms with E-state index in [0.717, 1.165) is 25.8 Å². The van der Waals surface area contributed by atoms with E-state index in [1.165, 1.54) is 16.7 Å². The lowest BCUT2D eigenvalue weighted by atomic mass is 9.97. The molecule has 0 heterocycles. The van der Waals surface area contributed by atoms with Crippen molar-refractivity contribution in [3.8, 4) is 0 Å². The number of ether oxygens (including phenoxy) is 1. The van der Waals surface area contributed by atoms with Gasteiger partial charge in [0.05, 0.1) is 12.6 Å². The highest BCUT2D eigenvalue weighted by atomic mass is 16.5. The first-order chi connectivity index (χ1) is 12.2. The van der Waals surface area contributed by atoms with Crippen LogP contribution in [0.5, 0.6) is 0 Å². The fourth-order valence-corrected chi connectivity index (χ4v) is 2.88. The minimum absolute atomic E-state index is 0.0859. The molecule has 2 aromatic carbocycles. The average molecular weight is 339 g/mol. The molecule has 0 spiro atoms. The third kappa shape index (κ3) is 6.71. The van der Waals surface area contributed by atoms with E-state index in [2.05, 4.69) is 60.8 Å². The summed E-state index contributed by atoms with van der Waals surface area (Å²) < 4.78 is 4.96. The predicted molar refractivity (Wildman–Crippen MR) is 103 cm³/mol. The van der Waals surface area contributed by atoms with Gasteiger partial charge in [0.25, 0.3) is 0 Å². The Kier molecular flexibility index (Phi) is 8.20. The van der Waals surface area contributed by atoms with Crippen LogP contribution >= 0.6 is 0 Å². The minimum atomic E-state index is -0.0859. The molecule has 0 unspecified atom stereocenters. The normalized spacial score (nSPS) is 11.9. The van der Waals surface area contributed by atoms with Gasteiger partial charge in [-0.3, -0.25) is 4.79 Å². The van der Waals surface area contributed by atoms with Gasteiger partial charge in [-0.1, -0.05) is 66.6 Å². The van der Waals surface area contributed by atoms with Crippen LogP contribution in [0.15, 0.2) is 54.6 Å². The topological polar surface area (TPSA) is 38.3 Å². The monoisotopic (exact) mass is 339 g/mol. The summed E-state index contributed by atoms with van der Waals surface area (Å²) in [4.78, 5) is 11.3. The highest BCUT2D eigenvalue weighted by Gasteiger charge is 2.12. The maximum absolute atomic E-state index is 11.3. The van der Waals surface area contributed by atoms with Gasteiger partial charge in [-0.25, -0.2) is 0 Å². The highest BCUT2D eigenvalue weighted by molar-refractivity contribution is 5.69. The Morgan fingerprint density at radius 2 is 1.64 bits per heavy atom. The zero-order valence-corrected chi connectivity index (χ0v) is 15.3. The number of rotatable bonds is 10. The fraction of sp³-hybridized carbons (Fsp3) is 0.409. The number of nitrogens with one attached hydrogen (secondary N) is 1. The largest absolute Gasteiger partial charge is 0.466 e. The minimum Gasteiger partial charge on any atom is -0.466 e. The Bertz CT molecular complexity index is 622. The zero-order chi connectivity index (χ0) is 17.9. The van der Waals surface area contributed by atoms with Crippen molar-refractivity contribution in [2.24, 2.45) is 0 Å². The number of carbonyl (C=O) groups is 1. The number of hydrogen-bond donors (Lipinski definition) is 1. The Hall–Kier alpha value is -2.13. The summed E-state index contributed by atoms with van der Waals surface area (Å²) in [5.74, 6) is -0.0859. The van der Waals surface area contributed by atoms with Gasteiger partial charge < -0.3 is 10.1 Å². The summed E-state index contributed by atoms with van der Waals surface area (Å²) in [6.45, 7) is 5.35. The molecule has 0 fully saturated rings. The molecule has 0 aliphatic heterocycles. The van der Waals surface area contributed by atoms with Gasteiger partial charge in [-0.2, -0.15) is 0 Å². The van der Waals surface area contributed by atoms with E-state index in [4.69, 9.17) is 4.74 Å². The fourth-order valence-electron chi connectivity index (χ4n) is 2.88. The molecule has 0 saturated carbocycles. The maximum atomic E-state index is 11.3. The molecule has 0 bridgehead atoms.